The number of alkyl halides is 3. The van der Waals surface area contributed by atoms with Crippen molar-refractivity contribution in [2.24, 2.45) is 5.73 Å². The zero-order valence-corrected chi connectivity index (χ0v) is 17.4. The topological polar surface area (TPSA) is 75.7 Å². The van der Waals surface area contributed by atoms with Gasteiger partial charge in [0.2, 0.25) is 0 Å². The SMILES string of the molecule is Cl.NC(CO)(CO)CCc1ccc(OCCCc2ccc(F)c(F)c2)c(C(F)(F)F)c1. The van der Waals surface area contributed by atoms with Gasteiger partial charge in [0.25, 0.3) is 0 Å². The fraction of sp³-hybridized carbons (Fsp3) is 0.429. The van der Waals surface area contributed by atoms with Gasteiger partial charge in [0.1, 0.15) is 5.75 Å². The lowest BCUT2D eigenvalue weighted by molar-refractivity contribution is -0.139. The molecule has 0 atom stereocenters. The average Bonchev–Trinajstić information content (AvgIpc) is 2.71. The Morgan fingerprint density at radius 2 is 1.48 bits per heavy atom. The molecule has 0 bridgehead atoms. The van der Waals surface area contributed by atoms with Gasteiger partial charge in [-0.05, 0) is 61.1 Å². The molecule has 31 heavy (non-hydrogen) atoms. The molecule has 0 radical (unpaired) electrons. The lowest BCUT2D eigenvalue weighted by Crippen LogP contribution is -2.47. The Balaban J connectivity index is 0.00000480. The Morgan fingerprint density at radius 3 is 2.06 bits per heavy atom. The summed E-state index contributed by atoms with van der Waals surface area (Å²) in [6.07, 6.45) is -3.77. The van der Waals surface area contributed by atoms with E-state index in [2.05, 4.69) is 0 Å². The summed E-state index contributed by atoms with van der Waals surface area (Å²) in [5.41, 5.74) is 4.40. The average molecular weight is 470 g/mol. The van der Waals surface area contributed by atoms with Gasteiger partial charge in [-0.3, -0.25) is 0 Å². The zero-order valence-electron chi connectivity index (χ0n) is 16.6. The molecule has 174 valence electrons. The lowest BCUT2D eigenvalue weighted by atomic mass is 9.93. The van der Waals surface area contributed by atoms with Gasteiger partial charge in [0, 0.05) is 0 Å². The Morgan fingerprint density at radius 1 is 0.871 bits per heavy atom. The van der Waals surface area contributed by atoms with Crippen LogP contribution in [0.4, 0.5) is 22.0 Å². The summed E-state index contributed by atoms with van der Waals surface area (Å²) in [5, 5.41) is 18.4. The number of aliphatic hydroxyl groups is 2. The fourth-order valence-corrected chi connectivity index (χ4v) is 2.83. The monoisotopic (exact) mass is 469 g/mol. The number of aryl methyl sites for hydroxylation is 2. The molecule has 0 aliphatic rings. The molecule has 0 saturated carbocycles. The molecule has 2 aromatic carbocycles. The van der Waals surface area contributed by atoms with E-state index in [1.54, 1.807) is 0 Å². The normalized spacial score (nSPS) is 11.9. The predicted octanol–water partition coefficient (Wildman–Crippen LogP) is 4.03. The summed E-state index contributed by atoms with van der Waals surface area (Å²) in [5.74, 6) is -2.28. The molecule has 0 unspecified atom stereocenters. The molecule has 0 fully saturated rings. The van der Waals surface area contributed by atoms with Crippen LogP contribution in [0.3, 0.4) is 0 Å². The van der Waals surface area contributed by atoms with Crippen LogP contribution in [-0.4, -0.2) is 35.6 Å². The summed E-state index contributed by atoms with van der Waals surface area (Å²) >= 11 is 0. The smallest absolute Gasteiger partial charge is 0.419 e. The Hall–Kier alpha value is -1.94. The maximum atomic E-state index is 13.4. The number of rotatable bonds is 10. The van der Waals surface area contributed by atoms with Crippen LogP contribution >= 0.6 is 12.4 Å². The molecule has 0 spiro atoms. The minimum absolute atomic E-state index is 0. The van der Waals surface area contributed by atoms with Crippen LogP contribution in [0.1, 0.15) is 29.5 Å². The second-order valence-electron chi connectivity index (χ2n) is 7.21. The highest BCUT2D eigenvalue weighted by molar-refractivity contribution is 5.85. The maximum absolute atomic E-state index is 13.4. The molecule has 2 aromatic rings. The van der Waals surface area contributed by atoms with Crippen molar-refractivity contribution in [3.05, 3.63) is 64.7 Å². The van der Waals surface area contributed by atoms with Gasteiger partial charge < -0.3 is 20.7 Å². The number of hydrogen-bond acceptors (Lipinski definition) is 4. The van der Waals surface area contributed by atoms with E-state index in [4.69, 9.17) is 10.5 Å². The first-order valence-electron chi connectivity index (χ1n) is 9.35. The molecule has 2 rings (SSSR count). The van der Waals surface area contributed by atoms with Crippen molar-refractivity contribution >= 4 is 12.4 Å². The fourth-order valence-electron chi connectivity index (χ4n) is 2.83. The van der Waals surface area contributed by atoms with Crippen molar-refractivity contribution in [1.29, 1.82) is 0 Å². The summed E-state index contributed by atoms with van der Waals surface area (Å²) in [6, 6.07) is 7.09. The molecule has 0 saturated heterocycles. The Labute approximate surface area is 183 Å². The first-order valence-corrected chi connectivity index (χ1v) is 9.35. The van der Waals surface area contributed by atoms with E-state index in [-0.39, 0.29) is 37.6 Å². The van der Waals surface area contributed by atoms with Gasteiger partial charge >= 0.3 is 6.18 Å². The molecular weight excluding hydrogens is 445 g/mol. The molecule has 4 nitrogen and oxygen atoms in total. The highest BCUT2D eigenvalue weighted by Crippen LogP contribution is 2.37. The third-order valence-corrected chi connectivity index (χ3v) is 4.74. The molecule has 4 N–H and O–H groups in total. The van der Waals surface area contributed by atoms with Crippen LogP contribution in [0.5, 0.6) is 5.75 Å². The third-order valence-electron chi connectivity index (χ3n) is 4.74. The highest BCUT2D eigenvalue weighted by atomic mass is 35.5. The quantitative estimate of drug-likeness (QED) is 0.363. The van der Waals surface area contributed by atoms with Gasteiger partial charge in [-0.1, -0.05) is 12.1 Å². The van der Waals surface area contributed by atoms with E-state index in [1.807, 2.05) is 0 Å². The highest BCUT2D eigenvalue weighted by Gasteiger charge is 2.35. The largest absolute Gasteiger partial charge is 0.493 e. The summed E-state index contributed by atoms with van der Waals surface area (Å²) < 4.78 is 71.7. The zero-order chi connectivity index (χ0) is 22.4. The Kier molecular flexibility index (Phi) is 10.2. The van der Waals surface area contributed by atoms with Crippen LogP contribution < -0.4 is 10.5 Å². The van der Waals surface area contributed by atoms with E-state index in [0.717, 1.165) is 18.2 Å². The molecular formula is C21H25ClF5NO3. The number of halogens is 6. The van der Waals surface area contributed by atoms with Crippen molar-refractivity contribution < 1.29 is 36.9 Å². The standard InChI is InChI=1S/C21H24F5NO3.ClH/c22-17-5-3-14(11-18(17)23)2-1-9-30-19-6-4-15(10-16(19)21(24,25)26)7-8-20(27,12-28)13-29;/h3-6,10-11,28-29H,1-2,7-9,12-13,27H2;1H. The predicted molar refractivity (Wildman–Crippen MR) is 108 cm³/mol. The van der Waals surface area contributed by atoms with Crippen molar-refractivity contribution in [2.45, 2.75) is 37.4 Å². The summed E-state index contributed by atoms with van der Waals surface area (Å²) in [4.78, 5) is 0. The first kappa shape index (κ1) is 27.1. The Bertz CT molecular complexity index is 844. The second-order valence-corrected chi connectivity index (χ2v) is 7.21. The van der Waals surface area contributed by atoms with Crippen LogP contribution in [0.2, 0.25) is 0 Å². The molecule has 0 heterocycles. The van der Waals surface area contributed by atoms with Gasteiger partial charge in [-0.2, -0.15) is 13.2 Å². The number of hydrogen-bond donors (Lipinski definition) is 3. The second kappa shape index (κ2) is 11.6. The van der Waals surface area contributed by atoms with E-state index < -0.39 is 42.1 Å². The van der Waals surface area contributed by atoms with E-state index in [9.17, 15) is 32.2 Å². The van der Waals surface area contributed by atoms with Crippen LogP contribution in [0, 0.1) is 11.6 Å². The molecule has 0 amide bonds. The van der Waals surface area contributed by atoms with Crippen LogP contribution in [0.15, 0.2) is 36.4 Å². The number of aliphatic hydroxyl groups excluding tert-OH is 2. The number of benzene rings is 2. The lowest BCUT2D eigenvalue weighted by Gasteiger charge is -2.24. The van der Waals surface area contributed by atoms with Gasteiger partial charge in [-0.25, -0.2) is 8.78 Å². The van der Waals surface area contributed by atoms with Gasteiger partial charge in [0.15, 0.2) is 11.6 Å². The van der Waals surface area contributed by atoms with E-state index in [0.29, 0.717) is 24.0 Å². The van der Waals surface area contributed by atoms with Crippen molar-refractivity contribution in [3.8, 4) is 5.75 Å². The van der Waals surface area contributed by atoms with Gasteiger partial charge in [-0.15, -0.1) is 12.4 Å². The molecule has 0 aliphatic carbocycles. The van der Waals surface area contributed by atoms with Crippen LogP contribution in [0.25, 0.3) is 0 Å². The van der Waals surface area contributed by atoms with Crippen molar-refractivity contribution in [2.75, 3.05) is 19.8 Å². The van der Waals surface area contributed by atoms with Gasteiger partial charge in [0.05, 0.1) is 30.9 Å². The van der Waals surface area contributed by atoms with Crippen molar-refractivity contribution in [1.82, 2.24) is 0 Å². The first-order chi connectivity index (χ1) is 14.1. The molecule has 0 aromatic heterocycles. The minimum atomic E-state index is -4.64. The van der Waals surface area contributed by atoms with Crippen molar-refractivity contribution in [3.63, 3.8) is 0 Å². The summed E-state index contributed by atoms with van der Waals surface area (Å²) in [6.45, 7) is -1.02. The minimum Gasteiger partial charge on any atom is -0.493 e. The summed E-state index contributed by atoms with van der Waals surface area (Å²) in [7, 11) is 0. The number of ether oxygens (including phenoxy) is 1. The molecule has 0 aliphatic heterocycles. The van der Waals surface area contributed by atoms with E-state index >= 15 is 0 Å². The third kappa shape index (κ3) is 7.92. The van der Waals surface area contributed by atoms with Crippen LogP contribution in [-0.2, 0) is 19.0 Å². The maximum Gasteiger partial charge on any atom is 0.419 e. The number of nitrogens with two attached hydrogens (primary N) is 1. The molecule has 10 heteroatoms. The van der Waals surface area contributed by atoms with E-state index in [1.165, 1.54) is 18.2 Å².